The lowest BCUT2D eigenvalue weighted by Crippen LogP contribution is -2.41. The van der Waals surface area contributed by atoms with Crippen molar-refractivity contribution >= 4 is 18.1 Å². The summed E-state index contributed by atoms with van der Waals surface area (Å²) in [5.41, 5.74) is 6.63. The van der Waals surface area contributed by atoms with Crippen molar-refractivity contribution in [3.8, 4) is 0 Å². The number of benzene rings is 1. The van der Waals surface area contributed by atoms with Gasteiger partial charge in [0.25, 0.3) is 0 Å². The largest absolute Gasteiger partial charge is 0.280 e. The van der Waals surface area contributed by atoms with Gasteiger partial charge in [-0.15, -0.1) is 0 Å². The van der Waals surface area contributed by atoms with Crippen LogP contribution < -0.4 is 10.4 Å². The van der Waals surface area contributed by atoms with Gasteiger partial charge in [0.05, 0.1) is 0 Å². The summed E-state index contributed by atoms with van der Waals surface area (Å²) in [7, 11) is 0. The smallest absolute Gasteiger partial charge is 0.187 e. The van der Waals surface area contributed by atoms with Crippen LogP contribution in [0.3, 0.4) is 0 Å². The van der Waals surface area contributed by atoms with Crippen molar-refractivity contribution < 1.29 is 0 Å². The molecule has 66 valence electrons. The normalized spacial score (nSPS) is 17.9. The zero-order valence-electron chi connectivity index (χ0n) is 7.17. The molecule has 0 bridgehead atoms. The van der Waals surface area contributed by atoms with E-state index in [0.717, 1.165) is 5.69 Å². The van der Waals surface area contributed by atoms with Crippen LogP contribution in [0.5, 0.6) is 0 Å². The second-order valence-electron chi connectivity index (χ2n) is 2.78. The van der Waals surface area contributed by atoms with E-state index in [0.29, 0.717) is 6.67 Å². The molecule has 0 aromatic heterocycles. The van der Waals surface area contributed by atoms with Crippen LogP contribution >= 0.6 is 0 Å². The number of hydrogen-bond donors (Lipinski definition) is 1. The van der Waals surface area contributed by atoms with Crippen LogP contribution in [-0.4, -0.2) is 19.1 Å². The summed E-state index contributed by atoms with van der Waals surface area (Å²) in [4.78, 5) is 0. The molecule has 2 N–H and O–H groups in total. The fourth-order valence-corrected chi connectivity index (χ4v) is 1.31. The standard InChI is InChI=1S/C9H11N4/c10-8-13(11-6-7-12-13)9-4-2-1-3-5-9/h1-7H,8,10H2/q+1. The molecule has 0 amide bonds. The molecule has 0 spiro atoms. The van der Waals surface area contributed by atoms with Crippen molar-refractivity contribution in [1.29, 1.82) is 0 Å². The van der Waals surface area contributed by atoms with Crippen LogP contribution in [0.1, 0.15) is 0 Å². The number of nitrogens with two attached hydrogens (primary N) is 1. The molecule has 4 heteroatoms. The summed E-state index contributed by atoms with van der Waals surface area (Å²) < 4.78 is 0.126. The maximum absolute atomic E-state index is 5.65. The highest BCUT2D eigenvalue weighted by molar-refractivity contribution is 6.17. The Morgan fingerprint density at radius 3 is 2.23 bits per heavy atom. The fourth-order valence-electron chi connectivity index (χ4n) is 1.31. The molecule has 1 aliphatic heterocycles. The first-order valence-electron chi connectivity index (χ1n) is 4.11. The van der Waals surface area contributed by atoms with Crippen LogP contribution in [-0.2, 0) is 0 Å². The van der Waals surface area contributed by atoms with Crippen molar-refractivity contribution in [3.63, 3.8) is 0 Å². The summed E-state index contributed by atoms with van der Waals surface area (Å²) in [6.07, 6.45) is 3.33. The van der Waals surface area contributed by atoms with Crippen molar-refractivity contribution in [3.05, 3.63) is 30.3 Å². The van der Waals surface area contributed by atoms with E-state index >= 15 is 0 Å². The number of rotatable bonds is 2. The van der Waals surface area contributed by atoms with Gasteiger partial charge in [-0.3, -0.25) is 5.73 Å². The molecule has 0 saturated carbocycles. The Bertz CT molecular complexity index is 330. The lowest BCUT2D eigenvalue weighted by molar-refractivity contribution is 0.319. The molecule has 1 aromatic carbocycles. The highest BCUT2D eigenvalue weighted by Gasteiger charge is 2.30. The molecule has 1 aliphatic rings. The summed E-state index contributed by atoms with van der Waals surface area (Å²) in [5, 5.41) is 8.44. The summed E-state index contributed by atoms with van der Waals surface area (Å²) >= 11 is 0. The Kier molecular flexibility index (Phi) is 1.92. The minimum Gasteiger partial charge on any atom is -0.280 e. The monoisotopic (exact) mass is 175 g/mol. The third kappa shape index (κ3) is 1.26. The van der Waals surface area contributed by atoms with Gasteiger partial charge in [-0.2, -0.15) is 0 Å². The van der Waals surface area contributed by atoms with Gasteiger partial charge in [0.15, 0.2) is 12.4 Å². The van der Waals surface area contributed by atoms with Crippen LogP contribution in [0.4, 0.5) is 5.69 Å². The van der Waals surface area contributed by atoms with E-state index in [4.69, 9.17) is 5.73 Å². The van der Waals surface area contributed by atoms with Crippen molar-refractivity contribution in [1.82, 2.24) is 4.70 Å². The second-order valence-corrected chi connectivity index (χ2v) is 2.78. The Labute approximate surface area is 76.6 Å². The molecule has 13 heavy (non-hydrogen) atoms. The van der Waals surface area contributed by atoms with Crippen LogP contribution in [0.25, 0.3) is 0 Å². The molecule has 0 atom stereocenters. The number of nitrogens with zero attached hydrogens (tertiary/aromatic N) is 3. The quantitative estimate of drug-likeness (QED) is 0.667. The van der Waals surface area contributed by atoms with Gasteiger partial charge in [0, 0.05) is 12.1 Å². The first-order valence-corrected chi connectivity index (χ1v) is 4.11. The molecular formula is C9H11N4+. The van der Waals surface area contributed by atoms with Gasteiger partial charge in [0.1, 0.15) is 12.4 Å². The zero-order chi connectivity index (χ0) is 9.15. The van der Waals surface area contributed by atoms with E-state index in [2.05, 4.69) is 10.2 Å². The van der Waals surface area contributed by atoms with Gasteiger partial charge >= 0.3 is 0 Å². The van der Waals surface area contributed by atoms with Crippen molar-refractivity contribution in [2.24, 2.45) is 15.9 Å². The minimum atomic E-state index is 0.126. The van der Waals surface area contributed by atoms with E-state index in [1.807, 2.05) is 30.3 Å². The maximum Gasteiger partial charge on any atom is 0.187 e. The third-order valence-electron chi connectivity index (χ3n) is 2.01. The van der Waals surface area contributed by atoms with Gasteiger partial charge in [0.2, 0.25) is 0 Å². The van der Waals surface area contributed by atoms with Gasteiger partial charge < -0.3 is 0 Å². The van der Waals surface area contributed by atoms with E-state index in [1.54, 1.807) is 12.4 Å². The Morgan fingerprint density at radius 2 is 1.69 bits per heavy atom. The molecule has 1 aromatic rings. The topological polar surface area (TPSA) is 50.7 Å². The molecule has 2 rings (SSSR count). The predicted molar refractivity (Wildman–Crippen MR) is 54.3 cm³/mol. The number of hydrogen-bond acceptors (Lipinski definition) is 3. The maximum atomic E-state index is 5.65. The lowest BCUT2D eigenvalue weighted by atomic mass is 10.3. The fraction of sp³-hybridized carbons (Fsp3) is 0.111. The molecule has 0 unspecified atom stereocenters. The molecule has 1 heterocycles. The molecular weight excluding hydrogens is 164 g/mol. The highest BCUT2D eigenvalue weighted by atomic mass is 15.8. The minimum absolute atomic E-state index is 0.126. The Hall–Kier alpha value is -1.52. The van der Waals surface area contributed by atoms with Gasteiger partial charge in [-0.25, -0.2) is 0 Å². The Balaban J connectivity index is 2.44. The first-order chi connectivity index (χ1) is 6.37. The zero-order valence-corrected chi connectivity index (χ0v) is 7.17. The van der Waals surface area contributed by atoms with Crippen LogP contribution in [0.15, 0.2) is 40.5 Å². The van der Waals surface area contributed by atoms with Crippen molar-refractivity contribution in [2.75, 3.05) is 6.67 Å². The summed E-state index contributed by atoms with van der Waals surface area (Å²) in [5.74, 6) is 0. The first kappa shape index (κ1) is 8.10. The molecule has 0 fully saturated rings. The third-order valence-corrected chi connectivity index (χ3v) is 2.01. The number of quaternary nitrogens is 1. The molecule has 0 aliphatic carbocycles. The average molecular weight is 175 g/mol. The molecule has 0 radical (unpaired) electrons. The van der Waals surface area contributed by atoms with E-state index < -0.39 is 0 Å². The Morgan fingerprint density at radius 1 is 1.08 bits per heavy atom. The van der Waals surface area contributed by atoms with E-state index in [1.165, 1.54) is 0 Å². The summed E-state index contributed by atoms with van der Waals surface area (Å²) in [6, 6.07) is 9.79. The van der Waals surface area contributed by atoms with E-state index in [9.17, 15) is 0 Å². The predicted octanol–water partition coefficient (Wildman–Crippen LogP) is 0.895. The SMILES string of the molecule is NC[N+]1(c2ccccc2)N=CC=N1. The average Bonchev–Trinajstić information content (AvgIpc) is 2.69. The van der Waals surface area contributed by atoms with Crippen LogP contribution in [0, 0.1) is 0 Å². The van der Waals surface area contributed by atoms with Crippen molar-refractivity contribution in [2.45, 2.75) is 0 Å². The molecule has 4 nitrogen and oxygen atoms in total. The lowest BCUT2D eigenvalue weighted by Gasteiger charge is -2.19. The second kappa shape index (κ2) is 3.08. The van der Waals surface area contributed by atoms with Gasteiger partial charge in [-0.1, -0.05) is 28.4 Å². The van der Waals surface area contributed by atoms with E-state index in [-0.39, 0.29) is 4.70 Å². The number of para-hydroxylation sites is 1. The highest BCUT2D eigenvalue weighted by Crippen LogP contribution is 2.23. The summed E-state index contributed by atoms with van der Waals surface area (Å²) in [6.45, 7) is 0.344. The van der Waals surface area contributed by atoms with Crippen LogP contribution in [0.2, 0.25) is 0 Å². The van der Waals surface area contributed by atoms with Gasteiger partial charge in [-0.05, 0) is 4.70 Å². The molecule has 0 saturated heterocycles.